The zero-order valence-electron chi connectivity index (χ0n) is 6.88. The number of rotatable bonds is 1. The Morgan fingerprint density at radius 1 is 1.46 bits per heavy atom. The van der Waals surface area contributed by atoms with Crippen LogP contribution in [0.4, 0.5) is 0 Å². The van der Waals surface area contributed by atoms with Crippen LogP contribution in [0.5, 0.6) is 0 Å². The van der Waals surface area contributed by atoms with E-state index in [4.69, 9.17) is 5.73 Å². The lowest BCUT2D eigenvalue weighted by molar-refractivity contribution is 0.1000. The lowest BCUT2D eigenvalue weighted by Gasteiger charge is -1.97. The minimum atomic E-state index is -0.445. The fourth-order valence-corrected chi connectivity index (χ4v) is 1.08. The first-order valence-electron chi connectivity index (χ1n) is 3.69. The number of benzene rings is 1. The second-order valence-corrected chi connectivity index (χ2v) is 2.91. The second-order valence-electron chi connectivity index (χ2n) is 2.35. The van der Waals surface area contributed by atoms with E-state index in [1.54, 1.807) is 18.2 Å². The SMILES string of the molecule is NC(=O)c1ccccc1C#CCBr. The normalized spacial score (nSPS) is 8.69. The van der Waals surface area contributed by atoms with E-state index in [9.17, 15) is 4.79 Å². The molecule has 3 heteroatoms. The number of halogens is 1. The summed E-state index contributed by atoms with van der Waals surface area (Å²) in [5, 5.41) is 0.583. The smallest absolute Gasteiger partial charge is 0.249 e. The van der Waals surface area contributed by atoms with Gasteiger partial charge in [-0.15, -0.1) is 0 Å². The van der Waals surface area contributed by atoms with Crippen LogP contribution in [0.3, 0.4) is 0 Å². The second kappa shape index (κ2) is 4.68. The van der Waals surface area contributed by atoms with Gasteiger partial charge in [-0.3, -0.25) is 4.79 Å². The molecule has 1 aromatic carbocycles. The van der Waals surface area contributed by atoms with Gasteiger partial charge in [0, 0.05) is 5.56 Å². The van der Waals surface area contributed by atoms with E-state index >= 15 is 0 Å². The molecule has 0 heterocycles. The van der Waals surface area contributed by atoms with E-state index in [1.807, 2.05) is 6.07 Å². The lowest BCUT2D eigenvalue weighted by Crippen LogP contribution is -2.12. The standard InChI is InChI=1S/C10H8BrNO/c11-7-3-5-8-4-1-2-6-9(8)10(12)13/h1-2,4,6H,7H2,(H2,12,13). The highest BCUT2D eigenvalue weighted by Crippen LogP contribution is 2.05. The third-order valence-corrected chi connectivity index (χ3v) is 1.76. The van der Waals surface area contributed by atoms with Crippen LogP contribution in [0, 0.1) is 11.8 Å². The Labute approximate surface area is 85.3 Å². The molecule has 0 aliphatic carbocycles. The van der Waals surface area contributed by atoms with Crippen LogP contribution in [0.15, 0.2) is 24.3 Å². The summed E-state index contributed by atoms with van der Waals surface area (Å²) < 4.78 is 0. The summed E-state index contributed by atoms with van der Waals surface area (Å²) in [5.74, 6) is 5.22. The topological polar surface area (TPSA) is 43.1 Å². The van der Waals surface area contributed by atoms with Crippen molar-refractivity contribution in [1.29, 1.82) is 0 Å². The highest BCUT2D eigenvalue weighted by Gasteiger charge is 2.03. The van der Waals surface area contributed by atoms with E-state index in [-0.39, 0.29) is 0 Å². The van der Waals surface area contributed by atoms with Gasteiger partial charge in [0.1, 0.15) is 0 Å². The van der Waals surface area contributed by atoms with Crippen LogP contribution in [0.25, 0.3) is 0 Å². The lowest BCUT2D eigenvalue weighted by atomic mass is 10.1. The van der Waals surface area contributed by atoms with Crippen LogP contribution >= 0.6 is 15.9 Å². The van der Waals surface area contributed by atoms with E-state index < -0.39 is 5.91 Å². The molecule has 1 amide bonds. The van der Waals surface area contributed by atoms with Crippen molar-refractivity contribution in [2.75, 3.05) is 5.33 Å². The summed E-state index contributed by atoms with van der Waals surface area (Å²) in [6.45, 7) is 0. The van der Waals surface area contributed by atoms with Crippen molar-refractivity contribution in [2.45, 2.75) is 0 Å². The first-order valence-corrected chi connectivity index (χ1v) is 4.81. The summed E-state index contributed by atoms with van der Waals surface area (Å²) in [4.78, 5) is 10.9. The van der Waals surface area contributed by atoms with Crippen LogP contribution in [0.2, 0.25) is 0 Å². The molecule has 1 rings (SSSR count). The Hall–Kier alpha value is -1.27. The van der Waals surface area contributed by atoms with Crippen LogP contribution in [-0.4, -0.2) is 11.2 Å². The summed E-state index contributed by atoms with van der Waals surface area (Å²) in [7, 11) is 0. The van der Waals surface area contributed by atoms with Gasteiger partial charge in [-0.25, -0.2) is 0 Å². The van der Waals surface area contributed by atoms with Gasteiger partial charge >= 0.3 is 0 Å². The Morgan fingerprint density at radius 3 is 2.77 bits per heavy atom. The third kappa shape index (κ3) is 2.60. The van der Waals surface area contributed by atoms with Gasteiger partial charge in [-0.1, -0.05) is 39.9 Å². The Bertz CT molecular complexity index is 376. The van der Waals surface area contributed by atoms with Crippen LogP contribution in [-0.2, 0) is 0 Å². The fraction of sp³-hybridized carbons (Fsp3) is 0.100. The summed E-state index contributed by atoms with van der Waals surface area (Å²) in [5.41, 5.74) is 6.31. The fourth-order valence-electron chi connectivity index (χ4n) is 0.936. The Balaban J connectivity index is 3.12. The maximum Gasteiger partial charge on any atom is 0.249 e. The van der Waals surface area contributed by atoms with Gasteiger partial charge in [0.15, 0.2) is 0 Å². The molecule has 0 saturated heterocycles. The monoisotopic (exact) mass is 237 g/mol. The molecule has 0 spiro atoms. The van der Waals surface area contributed by atoms with Crippen molar-refractivity contribution >= 4 is 21.8 Å². The van der Waals surface area contributed by atoms with Gasteiger partial charge in [0.05, 0.1) is 10.9 Å². The van der Waals surface area contributed by atoms with Crippen LogP contribution in [0.1, 0.15) is 15.9 Å². The summed E-state index contributed by atoms with van der Waals surface area (Å²) >= 11 is 3.18. The van der Waals surface area contributed by atoms with Gasteiger partial charge in [0.2, 0.25) is 5.91 Å². The number of alkyl halides is 1. The van der Waals surface area contributed by atoms with Gasteiger partial charge in [-0.05, 0) is 12.1 Å². The molecule has 0 unspecified atom stereocenters. The zero-order valence-corrected chi connectivity index (χ0v) is 8.47. The molecule has 66 valence electrons. The van der Waals surface area contributed by atoms with Crippen molar-refractivity contribution < 1.29 is 4.79 Å². The predicted molar refractivity (Wildman–Crippen MR) is 55.6 cm³/mol. The van der Waals surface area contributed by atoms with Gasteiger partial charge in [-0.2, -0.15) is 0 Å². The molecule has 1 aromatic rings. The maximum atomic E-state index is 10.9. The molecule has 0 atom stereocenters. The van der Waals surface area contributed by atoms with E-state index in [2.05, 4.69) is 27.8 Å². The number of nitrogens with two attached hydrogens (primary N) is 1. The first-order chi connectivity index (χ1) is 6.25. The minimum absolute atomic E-state index is 0.445. The minimum Gasteiger partial charge on any atom is -0.366 e. The Kier molecular flexibility index (Phi) is 3.53. The molecule has 13 heavy (non-hydrogen) atoms. The molecular formula is C10H8BrNO. The molecule has 0 fully saturated rings. The highest BCUT2D eigenvalue weighted by molar-refractivity contribution is 9.09. The largest absolute Gasteiger partial charge is 0.366 e. The maximum absolute atomic E-state index is 10.9. The van der Waals surface area contributed by atoms with Crippen molar-refractivity contribution in [2.24, 2.45) is 5.73 Å². The van der Waals surface area contributed by atoms with Crippen molar-refractivity contribution in [3.05, 3.63) is 35.4 Å². The summed E-state index contributed by atoms with van der Waals surface area (Å²) in [6.07, 6.45) is 0. The Morgan fingerprint density at radius 2 is 2.15 bits per heavy atom. The molecule has 0 aromatic heterocycles. The number of primary amides is 1. The zero-order chi connectivity index (χ0) is 9.68. The summed E-state index contributed by atoms with van der Waals surface area (Å²) in [6, 6.07) is 7.03. The number of hydrogen-bond donors (Lipinski definition) is 1. The van der Waals surface area contributed by atoms with E-state index in [0.717, 1.165) is 0 Å². The molecule has 0 aliphatic rings. The molecule has 0 aliphatic heterocycles. The van der Waals surface area contributed by atoms with E-state index in [0.29, 0.717) is 16.5 Å². The number of carbonyl (C=O) groups excluding carboxylic acids is 1. The number of hydrogen-bond acceptors (Lipinski definition) is 1. The molecule has 0 bridgehead atoms. The van der Waals surface area contributed by atoms with Gasteiger partial charge < -0.3 is 5.73 Å². The predicted octanol–water partition coefficient (Wildman–Crippen LogP) is 1.53. The third-order valence-electron chi connectivity index (χ3n) is 1.48. The van der Waals surface area contributed by atoms with Crippen molar-refractivity contribution in [3.8, 4) is 11.8 Å². The van der Waals surface area contributed by atoms with Crippen LogP contribution < -0.4 is 5.73 Å². The quantitative estimate of drug-likeness (QED) is 0.585. The molecule has 0 radical (unpaired) electrons. The molecule has 2 nitrogen and oxygen atoms in total. The first kappa shape index (κ1) is 9.82. The molecular weight excluding hydrogens is 230 g/mol. The number of carbonyl (C=O) groups is 1. The number of amides is 1. The average molecular weight is 238 g/mol. The highest BCUT2D eigenvalue weighted by atomic mass is 79.9. The van der Waals surface area contributed by atoms with Gasteiger partial charge in [0.25, 0.3) is 0 Å². The van der Waals surface area contributed by atoms with Crippen molar-refractivity contribution in [3.63, 3.8) is 0 Å². The van der Waals surface area contributed by atoms with Crippen molar-refractivity contribution in [1.82, 2.24) is 0 Å². The average Bonchev–Trinajstić information content (AvgIpc) is 2.15. The van der Waals surface area contributed by atoms with E-state index in [1.165, 1.54) is 0 Å². The molecule has 0 saturated carbocycles. The molecule has 2 N–H and O–H groups in total.